The fraction of sp³-hybridized carbons (Fsp3) is 1.00. The molecule has 0 amide bonds. The zero-order valence-corrected chi connectivity index (χ0v) is 9.44. The van der Waals surface area contributed by atoms with Gasteiger partial charge in [-0.15, -0.1) is 23.2 Å². The minimum absolute atomic E-state index is 0.186. The highest BCUT2D eigenvalue weighted by molar-refractivity contribution is 7.54. The van der Waals surface area contributed by atoms with Crippen LogP contribution in [-0.4, -0.2) is 42.5 Å². The fourth-order valence-corrected chi connectivity index (χ4v) is 2.41. The van der Waals surface area contributed by atoms with Crippen molar-refractivity contribution in [1.29, 1.82) is 0 Å². The van der Waals surface area contributed by atoms with E-state index in [0.29, 0.717) is 0 Å². The molecular weight excluding hydrogens is 246 g/mol. The van der Waals surface area contributed by atoms with Gasteiger partial charge in [0, 0.05) is 42.2 Å². The lowest BCUT2D eigenvalue weighted by Gasteiger charge is -2.33. The molecule has 0 spiro atoms. The van der Waals surface area contributed by atoms with Crippen LogP contribution in [-0.2, 0) is 9.09 Å². The first-order valence-corrected chi connectivity index (χ1v) is 6.08. The predicted molar refractivity (Wildman–Crippen MR) is 59.2 cm³/mol. The number of hydrogen-bond donors (Lipinski definition) is 1. The van der Waals surface area contributed by atoms with Gasteiger partial charge in [-0.05, 0) is 6.42 Å². The van der Waals surface area contributed by atoms with Gasteiger partial charge in [0.05, 0.1) is 6.61 Å². The van der Waals surface area contributed by atoms with Crippen LogP contribution in [0.4, 0.5) is 0 Å². The summed E-state index contributed by atoms with van der Waals surface area (Å²) in [6, 6.07) is 0. The molecule has 0 aromatic rings. The Bertz CT molecular complexity index is 503. The van der Waals surface area contributed by atoms with Crippen molar-refractivity contribution in [2.75, 3.05) is 37.8 Å². The van der Waals surface area contributed by atoms with E-state index in [1.54, 1.807) is 0 Å². The zero-order valence-electron chi connectivity index (χ0n) is 16.0. The number of hydrogen-bond acceptors (Lipinski definition) is 2. The van der Waals surface area contributed by atoms with Gasteiger partial charge in [0.25, 0.3) is 0 Å². The monoisotopic (exact) mass is 269 g/mol. The number of alkyl halides is 2. The van der Waals surface area contributed by atoms with Crippen LogP contribution in [0.2, 0.25) is 1.41 Å². The number of nitrogens with one attached hydrogen (secondary N) is 1. The van der Waals surface area contributed by atoms with Crippen LogP contribution in [0.25, 0.3) is 0 Å². The maximum absolute atomic E-state index is 13.0. The molecule has 1 rings (SSSR count). The second kappa shape index (κ2) is 6.31. The van der Waals surface area contributed by atoms with Crippen molar-refractivity contribution < 1.29 is 21.5 Å². The molecular formula is C7H15Cl2N2O2P. The van der Waals surface area contributed by atoms with Gasteiger partial charge in [-0.3, -0.25) is 4.57 Å². The lowest BCUT2D eigenvalue weighted by molar-refractivity contribution is 0.233. The van der Waals surface area contributed by atoms with Crippen molar-refractivity contribution in [2.45, 2.75) is 6.42 Å². The number of nitrogens with zero attached hydrogens (tertiary/aromatic N) is 1. The van der Waals surface area contributed by atoms with Crippen molar-refractivity contribution >= 4 is 30.9 Å². The second-order valence-electron chi connectivity index (χ2n) is 2.14. The van der Waals surface area contributed by atoms with E-state index in [4.69, 9.17) is 40.1 Å². The molecule has 1 aliphatic heterocycles. The summed E-state index contributed by atoms with van der Waals surface area (Å²) < 4.78 is 86.4. The first kappa shape index (κ1) is 4.91. The first-order valence-electron chi connectivity index (χ1n) is 8.09. The summed E-state index contributed by atoms with van der Waals surface area (Å²) >= 11 is 10.8. The highest BCUT2D eigenvalue weighted by atomic mass is 35.5. The first-order chi connectivity index (χ1) is 10.0. The summed E-state index contributed by atoms with van der Waals surface area (Å²) in [5.41, 5.74) is 0. The van der Waals surface area contributed by atoms with Crippen LogP contribution in [0.1, 0.15) is 17.4 Å². The van der Waals surface area contributed by atoms with Gasteiger partial charge in [0.2, 0.25) is 0 Å². The van der Waals surface area contributed by atoms with E-state index in [9.17, 15) is 4.57 Å². The van der Waals surface area contributed by atoms with Crippen molar-refractivity contribution in [3.63, 3.8) is 0 Å². The van der Waals surface area contributed by atoms with Crippen molar-refractivity contribution in [2.24, 2.45) is 0 Å². The Morgan fingerprint density at radius 3 is 3.14 bits per heavy atom. The van der Waals surface area contributed by atoms with Crippen LogP contribution >= 0.6 is 30.9 Å². The SMILES string of the molecule is [2H]N1C([2H])([2H])CCOP1(=O)N(C([2H])([2H])CCl)C([2H])([2H])C([2H])([2H])Cl. The molecule has 1 atom stereocenters. The molecule has 1 heterocycles. The average molecular weight is 270 g/mol. The van der Waals surface area contributed by atoms with E-state index < -0.39 is 45.5 Å². The Hall–Kier alpha value is 0.690. The Labute approximate surface area is 107 Å². The third-order valence-electron chi connectivity index (χ3n) is 1.28. The number of halogens is 2. The summed E-state index contributed by atoms with van der Waals surface area (Å²) in [6.07, 6.45) is -0.366. The average Bonchev–Trinajstić information content (AvgIpc) is 2.34. The molecule has 0 saturated carbocycles. The third-order valence-corrected chi connectivity index (χ3v) is 3.14. The maximum Gasteiger partial charge on any atom is 0.343 e. The quantitative estimate of drug-likeness (QED) is 0.612. The third kappa shape index (κ3) is 3.37. The molecule has 0 radical (unpaired) electrons. The van der Waals surface area contributed by atoms with E-state index in [-0.39, 0.29) is 16.2 Å². The molecule has 84 valence electrons. The van der Waals surface area contributed by atoms with E-state index >= 15 is 0 Å². The van der Waals surface area contributed by atoms with E-state index in [1.807, 2.05) is 0 Å². The molecule has 1 N–H and O–H groups in total. The second-order valence-corrected chi connectivity index (χ2v) is 4.44. The van der Waals surface area contributed by atoms with Gasteiger partial charge in [0.1, 0.15) is 1.41 Å². The van der Waals surface area contributed by atoms with Gasteiger partial charge in [-0.2, -0.15) is 0 Å². The smallest absolute Gasteiger partial charge is 0.306 e. The summed E-state index contributed by atoms with van der Waals surface area (Å²) in [4.78, 5) is 0. The van der Waals surface area contributed by atoms with Gasteiger partial charge < -0.3 is 4.52 Å². The lowest BCUT2D eigenvalue weighted by atomic mass is 10.5. The van der Waals surface area contributed by atoms with Crippen molar-refractivity contribution in [1.82, 2.24) is 9.75 Å². The van der Waals surface area contributed by atoms with Gasteiger partial charge in [-0.25, -0.2) is 9.75 Å². The Morgan fingerprint density at radius 1 is 1.71 bits per heavy atom. The summed E-state index contributed by atoms with van der Waals surface area (Å²) in [7, 11) is -4.99. The van der Waals surface area contributed by atoms with Crippen LogP contribution in [0.5, 0.6) is 0 Å². The van der Waals surface area contributed by atoms with Gasteiger partial charge >= 0.3 is 7.67 Å². The molecule has 0 aromatic carbocycles. The van der Waals surface area contributed by atoms with Crippen LogP contribution < -0.4 is 5.08 Å². The Kier molecular flexibility index (Phi) is 2.21. The largest absolute Gasteiger partial charge is 0.343 e. The highest BCUT2D eigenvalue weighted by Crippen LogP contribution is 2.47. The molecule has 1 unspecified atom stereocenters. The summed E-state index contributed by atoms with van der Waals surface area (Å²) in [6.45, 7) is -9.38. The van der Waals surface area contributed by atoms with Crippen molar-refractivity contribution in [3.8, 4) is 0 Å². The molecule has 7 heteroatoms. The summed E-state index contributed by atoms with van der Waals surface area (Å²) in [5, 5.41) is -0.186. The molecule has 1 fully saturated rings. The van der Waals surface area contributed by atoms with Crippen LogP contribution in [0.3, 0.4) is 0 Å². The zero-order chi connectivity index (χ0) is 18.5. The summed E-state index contributed by atoms with van der Waals surface area (Å²) in [5.74, 6) is -4.19. The standard InChI is InChI=1S/C7H15Cl2N2O2P/c8-2-5-11(6-3-9)14(12)10-4-1-7-13-14/h1-7H2,(H,10,12)/i2D2,4D2,5D2,6D2/hD. The van der Waals surface area contributed by atoms with Crippen molar-refractivity contribution in [3.05, 3.63) is 0 Å². The van der Waals surface area contributed by atoms with E-state index in [0.717, 1.165) is 0 Å². The molecule has 1 aliphatic rings. The molecule has 4 nitrogen and oxygen atoms in total. The topological polar surface area (TPSA) is 41.6 Å². The molecule has 14 heavy (non-hydrogen) atoms. The molecule has 0 bridgehead atoms. The Balaban J connectivity index is 3.56. The van der Waals surface area contributed by atoms with E-state index in [1.165, 1.54) is 0 Å². The maximum atomic E-state index is 13.0. The molecule has 1 saturated heterocycles. The van der Waals surface area contributed by atoms with E-state index in [2.05, 4.69) is 0 Å². The van der Waals surface area contributed by atoms with Crippen LogP contribution in [0, 0.1) is 0 Å². The highest BCUT2D eigenvalue weighted by Gasteiger charge is 2.32. The minimum atomic E-state index is -4.99. The molecule has 0 aliphatic carbocycles. The van der Waals surface area contributed by atoms with Gasteiger partial charge in [-0.1, -0.05) is 0 Å². The van der Waals surface area contributed by atoms with Crippen LogP contribution in [0.15, 0.2) is 0 Å². The number of rotatable bonds is 5. The van der Waals surface area contributed by atoms with Gasteiger partial charge in [0.15, 0.2) is 0 Å². The minimum Gasteiger partial charge on any atom is -0.306 e. The fourth-order valence-electron chi connectivity index (χ4n) is 0.770. The predicted octanol–water partition coefficient (Wildman–Crippen LogP) is 1.88. The molecule has 0 aromatic heterocycles. The normalized spacial score (nSPS) is 45.8. The Morgan fingerprint density at radius 2 is 2.50 bits per heavy atom. The lowest BCUT2D eigenvalue weighted by Crippen LogP contribution is -2.35.